The number of nitrogens with one attached hydrogen (secondary N) is 1. The minimum atomic E-state index is -0.273. The fourth-order valence-corrected chi connectivity index (χ4v) is 2.98. The molecule has 126 valence electrons. The number of thiazole rings is 1. The van der Waals surface area contributed by atoms with Gasteiger partial charge in [-0.2, -0.15) is 0 Å². The maximum atomic E-state index is 12.3. The second-order valence-corrected chi connectivity index (χ2v) is 6.93. The van der Waals surface area contributed by atoms with E-state index in [4.69, 9.17) is 5.73 Å². The Labute approximate surface area is 147 Å². The van der Waals surface area contributed by atoms with E-state index in [9.17, 15) is 4.79 Å². The molecule has 0 fully saturated rings. The average molecular weight is 354 g/mol. The molecule has 0 saturated carbocycles. The van der Waals surface area contributed by atoms with E-state index in [-0.39, 0.29) is 23.9 Å². The number of rotatable bonds is 7. The molecule has 0 aliphatic carbocycles. The largest absolute Gasteiger partial charge is 0.346 e. The van der Waals surface area contributed by atoms with Crippen molar-refractivity contribution in [2.75, 3.05) is 6.54 Å². The Bertz CT molecular complexity index is 613. The first kappa shape index (κ1) is 19.6. The molecule has 0 radical (unpaired) electrons. The number of carbonyl (C=O) groups is 1. The van der Waals surface area contributed by atoms with Crippen molar-refractivity contribution >= 4 is 29.7 Å². The van der Waals surface area contributed by atoms with E-state index < -0.39 is 0 Å². The van der Waals surface area contributed by atoms with Crippen molar-refractivity contribution in [3.63, 3.8) is 0 Å². The van der Waals surface area contributed by atoms with Gasteiger partial charge in [0.25, 0.3) is 5.91 Å². The molecule has 0 aliphatic heterocycles. The van der Waals surface area contributed by atoms with Gasteiger partial charge in [0, 0.05) is 17.3 Å². The van der Waals surface area contributed by atoms with Crippen LogP contribution in [0.3, 0.4) is 0 Å². The van der Waals surface area contributed by atoms with Gasteiger partial charge in [-0.15, -0.1) is 23.7 Å². The topological polar surface area (TPSA) is 68.0 Å². The van der Waals surface area contributed by atoms with E-state index in [2.05, 4.69) is 22.4 Å². The SMILES string of the molecule is CC(C)(CCc1ccccc1)NC(=O)c1csc(CCN)n1.Cl. The van der Waals surface area contributed by atoms with Gasteiger partial charge >= 0.3 is 0 Å². The van der Waals surface area contributed by atoms with Crippen molar-refractivity contribution in [1.29, 1.82) is 0 Å². The van der Waals surface area contributed by atoms with Crippen molar-refractivity contribution in [2.24, 2.45) is 5.73 Å². The predicted molar refractivity (Wildman–Crippen MR) is 98.4 cm³/mol. The predicted octanol–water partition coefficient (Wildman–Crippen LogP) is 3.21. The monoisotopic (exact) mass is 353 g/mol. The van der Waals surface area contributed by atoms with E-state index in [1.807, 2.05) is 32.0 Å². The normalized spacial score (nSPS) is 10.9. The molecule has 6 heteroatoms. The lowest BCUT2D eigenvalue weighted by atomic mass is 9.95. The first-order valence-corrected chi connectivity index (χ1v) is 8.39. The van der Waals surface area contributed by atoms with Crippen molar-refractivity contribution in [2.45, 2.75) is 38.6 Å². The Morgan fingerprint density at radius 1 is 1.26 bits per heavy atom. The number of amides is 1. The Morgan fingerprint density at radius 3 is 2.61 bits per heavy atom. The highest BCUT2D eigenvalue weighted by Gasteiger charge is 2.22. The molecule has 23 heavy (non-hydrogen) atoms. The number of hydrogen-bond donors (Lipinski definition) is 2. The minimum Gasteiger partial charge on any atom is -0.346 e. The Kier molecular flexibility index (Phi) is 7.68. The van der Waals surface area contributed by atoms with Crippen molar-refractivity contribution in [3.8, 4) is 0 Å². The number of carbonyl (C=O) groups excluding carboxylic acids is 1. The summed E-state index contributed by atoms with van der Waals surface area (Å²) in [6.07, 6.45) is 2.53. The standard InChI is InChI=1S/C17H23N3OS.ClH/c1-17(2,10-8-13-6-4-3-5-7-13)20-16(21)14-12-22-15(19-14)9-11-18;/h3-7,12H,8-11,18H2,1-2H3,(H,20,21);1H. The van der Waals surface area contributed by atoms with Crippen LogP contribution in [0.15, 0.2) is 35.7 Å². The molecule has 2 aromatic rings. The fourth-order valence-electron chi connectivity index (χ4n) is 2.19. The highest BCUT2D eigenvalue weighted by Crippen LogP contribution is 2.16. The summed E-state index contributed by atoms with van der Waals surface area (Å²) >= 11 is 1.49. The number of halogens is 1. The first-order chi connectivity index (χ1) is 10.5. The van der Waals surface area contributed by atoms with Gasteiger partial charge in [0.2, 0.25) is 0 Å². The first-order valence-electron chi connectivity index (χ1n) is 7.51. The summed E-state index contributed by atoms with van der Waals surface area (Å²) < 4.78 is 0. The number of aryl methyl sites for hydroxylation is 1. The lowest BCUT2D eigenvalue weighted by molar-refractivity contribution is 0.0904. The van der Waals surface area contributed by atoms with Crippen LogP contribution in [0.2, 0.25) is 0 Å². The van der Waals surface area contributed by atoms with Crippen LogP contribution < -0.4 is 11.1 Å². The van der Waals surface area contributed by atoms with E-state index in [1.54, 1.807) is 5.38 Å². The van der Waals surface area contributed by atoms with Crippen LogP contribution >= 0.6 is 23.7 Å². The highest BCUT2D eigenvalue weighted by molar-refractivity contribution is 7.09. The summed E-state index contributed by atoms with van der Waals surface area (Å²) in [5, 5.41) is 5.78. The lowest BCUT2D eigenvalue weighted by Crippen LogP contribution is -2.43. The Hall–Kier alpha value is -1.43. The number of nitrogens with two attached hydrogens (primary N) is 1. The van der Waals surface area contributed by atoms with Crippen LogP contribution in [0.1, 0.15) is 41.3 Å². The van der Waals surface area contributed by atoms with Crippen molar-refractivity contribution < 1.29 is 4.79 Å². The molecule has 2 rings (SSSR count). The second kappa shape index (κ2) is 9.01. The zero-order chi connectivity index (χ0) is 16.0. The Balaban J connectivity index is 0.00000264. The summed E-state index contributed by atoms with van der Waals surface area (Å²) in [6.45, 7) is 4.64. The third kappa shape index (κ3) is 6.29. The van der Waals surface area contributed by atoms with Gasteiger partial charge in [0.1, 0.15) is 5.69 Å². The molecule has 0 saturated heterocycles. The molecule has 1 amide bonds. The van der Waals surface area contributed by atoms with Gasteiger partial charge in [0.15, 0.2) is 0 Å². The number of hydrogen-bond acceptors (Lipinski definition) is 4. The summed E-state index contributed by atoms with van der Waals surface area (Å²) in [4.78, 5) is 16.6. The van der Waals surface area contributed by atoms with Crippen LogP contribution in [-0.2, 0) is 12.8 Å². The molecule has 1 aromatic heterocycles. The smallest absolute Gasteiger partial charge is 0.271 e. The number of aromatic nitrogens is 1. The average Bonchev–Trinajstić information content (AvgIpc) is 2.95. The second-order valence-electron chi connectivity index (χ2n) is 5.99. The maximum absolute atomic E-state index is 12.3. The molecule has 0 spiro atoms. The summed E-state index contributed by atoms with van der Waals surface area (Å²) in [5.74, 6) is -0.113. The van der Waals surface area contributed by atoms with Crippen molar-refractivity contribution in [3.05, 3.63) is 52.0 Å². The molecule has 0 unspecified atom stereocenters. The molecule has 1 heterocycles. The van der Waals surface area contributed by atoms with Gasteiger partial charge in [0.05, 0.1) is 5.01 Å². The number of nitrogens with zero attached hydrogens (tertiary/aromatic N) is 1. The molecular weight excluding hydrogens is 330 g/mol. The molecule has 3 N–H and O–H groups in total. The van der Waals surface area contributed by atoms with Gasteiger partial charge in [-0.25, -0.2) is 4.98 Å². The molecular formula is C17H24ClN3OS. The molecule has 0 aliphatic rings. The zero-order valence-corrected chi connectivity index (χ0v) is 15.2. The van der Waals surface area contributed by atoms with E-state index in [1.165, 1.54) is 16.9 Å². The highest BCUT2D eigenvalue weighted by atomic mass is 35.5. The third-order valence-corrected chi connectivity index (χ3v) is 4.38. The Morgan fingerprint density at radius 2 is 1.96 bits per heavy atom. The molecule has 4 nitrogen and oxygen atoms in total. The quantitative estimate of drug-likeness (QED) is 0.803. The van der Waals surface area contributed by atoms with Crippen LogP contribution in [-0.4, -0.2) is 23.0 Å². The zero-order valence-electron chi connectivity index (χ0n) is 13.5. The van der Waals surface area contributed by atoms with E-state index >= 15 is 0 Å². The van der Waals surface area contributed by atoms with Crippen LogP contribution in [0.25, 0.3) is 0 Å². The molecule has 1 aromatic carbocycles. The molecule has 0 atom stereocenters. The summed E-state index contributed by atoms with van der Waals surface area (Å²) in [7, 11) is 0. The van der Waals surface area contributed by atoms with Gasteiger partial charge < -0.3 is 11.1 Å². The minimum absolute atomic E-state index is 0. The van der Waals surface area contributed by atoms with Gasteiger partial charge in [-0.3, -0.25) is 4.79 Å². The number of benzene rings is 1. The summed E-state index contributed by atoms with van der Waals surface area (Å²) in [6, 6.07) is 10.3. The van der Waals surface area contributed by atoms with E-state index in [0.29, 0.717) is 12.2 Å². The van der Waals surface area contributed by atoms with Gasteiger partial charge in [-0.1, -0.05) is 30.3 Å². The van der Waals surface area contributed by atoms with Crippen LogP contribution in [0.5, 0.6) is 0 Å². The van der Waals surface area contributed by atoms with Crippen LogP contribution in [0.4, 0.5) is 0 Å². The van der Waals surface area contributed by atoms with Crippen LogP contribution in [0, 0.1) is 0 Å². The van der Waals surface area contributed by atoms with E-state index in [0.717, 1.165) is 24.3 Å². The third-order valence-electron chi connectivity index (χ3n) is 3.48. The maximum Gasteiger partial charge on any atom is 0.271 e. The molecule has 0 bridgehead atoms. The van der Waals surface area contributed by atoms with Crippen molar-refractivity contribution in [1.82, 2.24) is 10.3 Å². The van der Waals surface area contributed by atoms with Gasteiger partial charge in [-0.05, 0) is 38.8 Å². The lowest BCUT2D eigenvalue weighted by Gasteiger charge is -2.26. The fraction of sp³-hybridized carbons (Fsp3) is 0.412. The summed E-state index contributed by atoms with van der Waals surface area (Å²) in [5.41, 5.74) is 7.00.